The summed E-state index contributed by atoms with van der Waals surface area (Å²) in [5, 5.41) is 6.44. The van der Waals surface area contributed by atoms with Gasteiger partial charge in [-0.25, -0.2) is 0 Å². The van der Waals surface area contributed by atoms with Gasteiger partial charge in [-0.1, -0.05) is 6.07 Å². The Labute approximate surface area is 160 Å². The molecule has 154 valence electrons. The van der Waals surface area contributed by atoms with Gasteiger partial charge < -0.3 is 24.8 Å². The number of benzene rings is 1. The van der Waals surface area contributed by atoms with Crippen LogP contribution in [0.1, 0.15) is 32.3 Å². The summed E-state index contributed by atoms with van der Waals surface area (Å²) in [6.45, 7) is 4.70. The molecule has 0 saturated carbocycles. The molecule has 27 heavy (non-hydrogen) atoms. The van der Waals surface area contributed by atoms with E-state index in [1.807, 2.05) is 19.9 Å². The minimum Gasteiger partial charge on any atom is -0.493 e. The molecule has 0 aliphatic heterocycles. The summed E-state index contributed by atoms with van der Waals surface area (Å²) in [5.74, 6) is 1.07. The van der Waals surface area contributed by atoms with Crippen molar-refractivity contribution in [2.45, 2.75) is 39.7 Å². The molecule has 0 radical (unpaired) electrons. The summed E-state index contributed by atoms with van der Waals surface area (Å²) in [6, 6.07) is 5.03. The van der Waals surface area contributed by atoms with Crippen molar-refractivity contribution < 1.29 is 23.0 Å². The molecule has 0 atom stereocenters. The minimum atomic E-state index is -2.89. The molecule has 0 spiro atoms. The van der Waals surface area contributed by atoms with Crippen molar-refractivity contribution in [1.29, 1.82) is 0 Å². The van der Waals surface area contributed by atoms with Crippen LogP contribution in [0.4, 0.5) is 8.78 Å². The maximum absolute atomic E-state index is 12.5. The van der Waals surface area contributed by atoms with Crippen LogP contribution in [0.2, 0.25) is 0 Å². The highest BCUT2D eigenvalue weighted by Gasteiger charge is 2.11. The number of aliphatic imine (C=N–C) groups is 1. The Morgan fingerprint density at radius 1 is 1.15 bits per heavy atom. The van der Waals surface area contributed by atoms with Crippen LogP contribution in [-0.2, 0) is 11.2 Å². The van der Waals surface area contributed by atoms with E-state index in [2.05, 4.69) is 20.4 Å². The molecule has 0 aliphatic rings. The van der Waals surface area contributed by atoms with Gasteiger partial charge in [0.15, 0.2) is 17.5 Å². The van der Waals surface area contributed by atoms with Crippen molar-refractivity contribution in [3.8, 4) is 11.5 Å². The predicted molar refractivity (Wildman–Crippen MR) is 103 cm³/mol. The van der Waals surface area contributed by atoms with E-state index in [0.717, 1.165) is 50.7 Å². The first-order valence-electron chi connectivity index (χ1n) is 9.32. The summed E-state index contributed by atoms with van der Waals surface area (Å²) < 4.78 is 39.9. The Balaban J connectivity index is 2.49. The van der Waals surface area contributed by atoms with Gasteiger partial charge in [-0.2, -0.15) is 8.78 Å². The van der Waals surface area contributed by atoms with Gasteiger partial charge in [-0.3, -0.25) is 4.99 Å². The topological polar surface area (TPSA) is 64.1 Å². The molecule has 0 unspecified atom stereocenters. The van der Waals surface area contributed by atoms with Crippen molar-refractivity contribution in [3.63, 3.8) is 0 Å². The second-order valence-electron chi connectivity index (χ2n) is 5.71. The van der Waals surface area contributed by atoms with Gasteiger partial charge in [-0.05, 0) is 50.8 Å². The maximum atomic E-state index is 12.5. The molecule has 0 bridgehead atoms. The number of rotatable bonds is 13. The lowest BCUT2D eigenvalue weighted by atomic mass is 10.1. The first-order chi connectivity index (χ1) is 13.1. The first-order valence-corrected chi connectivity index (χ1v) is 9.32. The molecule has 1 rings (SSSR count). The molecule has 1 aromatic rings. The van der Waals surface area contributed by atoms with Crippen molar-refractivity contribution >= 4 is 5.96 Å². The molecule has 0 aliphatic carbocycles. The number of unbranched alkanes of at least 4 members (excludes halogenated alkanes) is 1. The highest BCUT2D eigenvalue weighted by molar-refractivity contribution is 5.79. The highest BCUT2D eigenvalue weighted by Crippen LogP contribution is 2.29. The molecule has 2 N–H and O–H groups in total. The second kappa shape index (κ2) is 14.0. The average molecular weight is 387 g/mol. The fraction of sp³-hybridized carbons (Fsp3) is 0.632. The number of ether oxygens (including phenoxy) is 3. The van der Waals surface area contributed by atoms with Crippen LogP contribution >= 0.6 is 0 Å². The number of nitrogens with zero attached hydrogens (tertiary/aromatic N) is 1. The lowest BCUT2D eigenvalue weighted by molar-refractivity contribution is -0.0512. The monoisotopic (exact) mass is 387 g/mol. The molecule has 0 heterocycles. The maximum Gasteiger partial charge on any atom is 0.387 e. The largest absolute Gasteiger partial charge is 0.493 e. The van der Waals surface area contributed by atoms with E-state index in [1.54, 1.807) is 12.1 Å². The first kappa shape index (κ1) is 23.0. The Bertz CT molecular complexity index is 557. The zero-order valence-electron chi connectivity index (χ0n) is 16.4. The molecule has 0 fully saturated rings. The quantitative estimate of drug-likeness (QED) is 0.309. The van der Waals surface area contributed by atoms with E-state index in [4.69, 9.17) is 9.47 Å². The van der Waals surface area contributed by atoms with Crippen molar-refractivity contribution in [2.75, 3.05) is 40.0 Å². The fourth-order valence-electron chi connectivity index (χ4n) is 2.38. The lowest BCUT2D eigenvalue weighted by Crippen LogP contribution is -2.38. The summed E-state index contributed by atoms with van der Waals surface area (Å²) in [6.07, 6.45) is 2.58. The lowest BCUT2D eigenvalue weighted by Gasteiger charge is -2.13. The second-order valence-corrected chi connectivity index (χ2v) is 5.71. The number of hydrogen-bond acceptors (Lipinski definition) is 4. The molecule has 8 heteroatoms. The van der Waals surface area contributed by atoms with Crippen LogP contribution in [-0.4, -0.2) is 52.5 Å². The van der Waals surface area contributed by atoms with Crippen molar-refractivity contribution in [1.82, 2.24) is 10.6 Å². The van der Waals surface area contributed by atoms with E-state index in [-0.39, 0.29) is 11.5 Å². The standard InChI is InChI=1S/C19H31F2N3O3/c1-4-22-19(23-11-6-7-13-26-5-2)24-12-10-15-8-9-16(25-3)17(14-15)27-18(20)21/h8-9,14,18H,4-7,10-13H2,1-3H3,(H2,22,23,24). The van der Waals surface area contributed by atoms with E-state index in [9.17, 15) is 8.78 Å². The van der Waals surface area contributed by atoms with Crippen LogP contribution in [0.5, 0.6) is 11.5 Å². The van der Waals surface area contributed by atoms with E-state index < -0.39 is 6.61 Å². The van der Waals surface area contributed by atoms with E-state index in [1.165, 1.54) is 7.11 Å². The number of guanidine groups is 1. The number of alkyl halides is 2. The van der Waals surface area contributed by atoms with Crippen LogP contribution in [0.15, 0.2) is 23.2 Å². The summed E-state index contributed by atoms with van der Waals surface area (Å²) in [4.78, 5) is 4.52. The van der Waals surface area contributed by atoms with Crippen LogP contribution < -0.4 is 20.1 Å². The zero-order chi connectivity index (χ0) is 19.9. The van der Waals surface area contributed by atoms with Gasteiger partial charge in [0.25, 0.3) is 0 Å². The Kier molecular flexibility index (Phi) is 11.9. The molecular formula is C19H31F2N3O3. The van der Waals surface area contributed by atoms with Crippen LogP contribution in [0.3, 0.4) is 0 Å². The summed E-state index contributed by atoms with van der Waals surface area (Å²) >= 11 is 0. The molecule has 0 amide bonds. The summed E-state index contributed by atoms with van der Waals surface area (Å²) in [7, 11) is 1.42. The van der Waals surface area contributed by atoms with Crippen LogP contribution in [0.25, 0.3) is 0 Å². The van der Waals surface area contributed by atoms with Gasteiger partial charge in [0.1, 0.15) is 0 Å². The van der Waals surface area contributed by atoms with Crippen LogP contribution in [0, 0.1) is 0 Å². The predicted octanol–water partition coefficient (Wildman–Crippen LogP) is 3.21. The SMILES string of the molecule is CCNC(=NCCCCOCC)NCCc1ccc(OC)c(OC(F)F)c1. The molecule has 0 saturated heterocycles. The fourth-order valence-corrected chi connectivity index (χ4v) is 2.38. The Morgan fingerprint density at radius 3 is 2.63 bits per heavy atom. The Hall–Kier alpha value is -2.09. The number of methoxy groups -OCH3 is 1. The van der Waals surface area contributed by atoms with E-state index in [0.29, 0.717) is 13.0 Å². The number of hydrogen-bond donors (Lipinski definition) is 2. The van der Waals surface area contributed by atoms with Crippen molar-refractivity contribution in [3.05, 3.63) is 23.8 Å². The molecule has 1 aromatic carbocycles. The third kappa shape index (κ3) is 9.98. The zero-order valence-corrected chi connectivity index (χ0v) is 16.4. The smallest absolute Gasteiger partial charge is 0.387 e. The van der Waals surface area contributed by atoms with Crippen molar-refractivity contribution in [2.24, 2.45) is 4.99 Å². The van der Waals surface area contributed by atoms with E-state index >= 15 is 0 Å². The van der Waals surface area contributed by atoms with Gasteiger partial charge in [0.05, 0.1) is 7.11 Å². The number of nitrogens with one attached hydrogen (secondary N) is 2. The van der Waals surface area contributed by atoms with Gasteiger partial charge in [-0.15, -0.1) is 0 Å². The highest BCUT2D eigenvalue weighted by atomic mass is 19.3. The van der Waals surface area contributed by atoms with Gasteiger partial charge in [0, 0.05) is 32.8 Å². The normalized spacial score (nSPS) is 11.6. The Morgan fingerprint density at radius 2 is 1.96 bits per heavy atom. The third-order valence-corrected chi connectivity index (χ3v) is 3.67. The molecular weight excluding hydrogens is 356 g/mol. The average Bonchev–Trinajstić information content (AvgIpc) is 2.64. The minimum absolute atomic E-state index is 0.0415. The molecule has 0 aromatic heterocycles. The van der Waals surface area contributed by atoms with Gasteiger partial charge >= 0.3 is 6.61 Å². The number of halogens is 2. The summed E-state index contributed by atoms with van der Waals surface area (Å²) in [5.41, 5.74) is 0.867. The van der Waals surface area contributed by atoms with Gasteiger partial charge in [0.2, 0.25) is 0 Å². The molecule has 6 nitrogen and oxygen atoms in total. The third-order valence-electron chi connectivity index (χ3n) is 3.67.